The number of halogens is 2. The Balaban J connectivity index is 1.91. The SMILES string of the molecule is CC(C)CNc1nnc(SC(C)C(=O)Nc2ccc(Br)cc2F)s1. The van der Waals surface area contributed by atoms with Crippen LogP contribution >= 0.6 is 39.0 Å². The van der Waals surface area contributed by atoms with Gasteiger partial charge in [-0.25, -0.2) is 4.39 Å². The van der Waals surface area contributed by atoms with Gasteiger partial charge in [0, 0.05) is 11.0 Å². The maximum atomic E-state index is 13.8. The predicted molar refractivity (Wildman–Crippen MR) is 101 cm³/mol. The first kappa shape index (κ1) is 19.1. The summed E-state index contributed by atoms with van der Waals surface area (Å²) in [5, 5.41) is 14.2. The number of amides is 1. The second-order valence-corrected chi connectivity index (χ2v) is 9.00. The maximum Gasteiger partial charge on any atom is 0.237 e. The largest absolute Gasteiger partial charge is 0.360 e. The second kappa shape index (κ2) is 8.77. The first-order valence-electron chi connectivity index (χ1n) is 7.35. The molecule has 0 aliphatic carbocycles. The van der Waals surface area contributed by atoms with E-state index in [0.29, 0.717) is 14.7 Å². The summed E-state index contributed by atoms with van der Waals surface area (Å²) in [6, 6.07) is 4.51. The van der Waals surface area contributed by atoms with Crippen molar-refractivity contribution in [2.24, 2.45) is 5.92 Å². The minimum Gasteiger partial charge on any atom is -0.360 e. The van der Waals surface area contributed by atoms with Crippen LogP contribution in [-0.4, -0.2) is 27.9 Å². The van der Waals surface area contributed by atoms with Crippen molar-refractivity contribution in [3.8, 4) is 0 Å². The van der Waals surface area contributed by atoms with E-state index in [0.717, 1.165) is 11.7 Å². The van der Waals surface area contributed by atoms with Crippen LogP contribution in [0.1, 0.15) is 20.8 Å². The van der Waals surface area contributed by atoms with Crippen LogP contribution in [0, 0.1) is 11.7 Å². The molecule has 2 N–H and O–H groups in total. The molecular formula is C15H18BrFN4OS2. The van der Waals surface area contributed by atoms with Gasteiger partial charge in [0.2, 0.25) is 11.0 Å². The fourth-order valence-corrected chi connectivity index (χ4v) is 3.89. The predicted octanol–water partition coefficient (Wildman–Crippen LogP) is 4.63. The molecule has 5 nitrogen and oxygen atoms in total. The summed E-state index contributed by atoms with van der Waals surface area (Å²) >= 11 is 5.88. The average molecular weight is 433 g/mol. The molecule has 2 aromatic rings. The zero-order chi connectivity index (χ0) is 17.7. The highest BCUT2D eigenvalue weighted by Crippen LogP contribution is 2.30. The van der Waals surface area contributed by atoms with Gasteiger partial charge in [-0.1, -0.05) is 52.9 Å². The normalized spacial score (nSPS) is 12.2. The van der Waals surface area contributed by atoms with Gasteiger partial charge in [-0.15, -0.1) is 10.2 Å². The van der Waals surface area contributed by atoms with E-state index >= 15 is 0 Å². The summed E-state index contributed by atoms with van der Waals surface area (Å²) in [6.07, 6.45) is 0. The third-order valence-corrected chi connectivity index (χ3v) is 5.46. The molecular weight excluding hydrogens is 415 g/mol. The third-order valence-electron chi connectivity index (χ3n) is 2.90. The van der Waals surface area contributed by atoms with Crippen LogP contribution in [0.4, 0.5) is 15.2 Å². The Morgan fingerprint density at radius 2 is 2.12 bits per heavy atom. The number of rotatable bonds is 7. The van der Waals surface area contributed by atoms with Gasteiger partial charge in [-0.2, -0.15) is 0 Å². The van der Waals surface area contributed by atoms with Gasteiger partial charge >= 0.3 is 0 Å². The smallest absolute Gasteiger partial charge is 0.237 e. The fraction of sp³-hybridized carbons (Fsp3) is 0.400. The van der Waals surface area contributed by atoms with Crippen LogP contribution in [0.3, 0.4) is 0 Å². The molecule has 1 heterocycles. The van der Waals surface area contributed by atoms with Gasteiger partial charge in [0.05, 0.1) is 10.9 Å². The van der Waals surface area contributed by atoms with E-state index in [9.17, 15) is 9.18 Å². The number of anilines is 2. The molecule has 1 unspecified atom stereocenters. The Bertz CT molecular complexity index is 711. The topological polar surface area (TPSA) is 66.9 Å². The van der Waals surface area contributed by atoms with Crippen LogP contribution in [0.25, 0.3) is 0 Å². The molecule has 0 saturated carbocycles. The van der Waals surface area contributed by atoms with Crippen molar-refractivity contribution in [2.75, 3.05) is 17.2 Å². The number of hydrogen-bond acceptors (Lipinski definition) is 6. The molecule has 0 saturated heterocycles. The summed E-state index contributed by atoms with van der Waals surface area (Å²) < 4.78 is 15.1. The quantitative estimate of drug-likeness (QED) is 0.624. The molecule has 0 aliphatic rings. The summed E-state index contributed by atoms with van der Waals surface area (Å²) in [5.74, 6) is -0.255. The zero-order valence-corrected chi connectivity index (χ0v) is 16.7. The molecule has 0 aliphatic heterocycles. The van der Waals surface area contributed by atoms with Gasteiger partial charge in [0.1, 0.15) is 5.82 Å². The number of thioether (sulfide) groups is 1. The van der Waals surface area contributed by atoms with Crippen LogP contribution in [0.5, 0.6) is 0 Å². The lowest BCUT2D eigenvalue weighted by molar-refractivity contribution is -0.115. The molecule has 1 atom stereocenters. The maximum absolute atomic E-state index is 13.8. The van der Waals surface area contributed by atoms with Crippen LogP contribution < -0.4 is 10.6 Å². The molecule has 0 fully saturated rings. The molecule has 0 spiro atoms. The minimum absolute atomic E-state index is 0.159. The number of nitrogens with one attached hydrogen (secondary N) is 2. The number of hydrogen-bond donors (Lipinski definition) is 2. The number of benzene rings is 1. The van der Waals surface area contributed by atoms with E-state index < -0.39 is 11.1 Å². The van der Waals surface area contributed by atoms with Crippen LogP contribution in [0.2, 0.25) is 0 Å². The molecule has 130 valence electrons. The molecule has 1 amide bonds. The van der Waals surface area contributed by atoms with E-state index in [1.54, 1.807) is 13.0 Å². The van der Waals surface area contributed by atoms with E-state index in [1.807, 2.05) is 0 Å². The van der Waals surface area contributed by atoms with Gasteiger partial charge in [-0.3, -0.25) is 4.79 Å². The van der Waals surface area contributed by atoms with Crippen molar-refractivity contribution in [2.45, 2.75) is 30.4 Å². The molecule has 1 aromatic carbocycles. The number of carbonyl (C=O) groups is 1. The Morgan fingerprint density at radius 3 is 2.79 bits per heavy atom. The number of aromatic nitrogens is 2. The summed E-state index contributed by atoms with van der Waals surface area (Å²) in [4.78, 5) is 12.2. The first-order valence-corrected chi connectivity index (χ1v) is 9.84. The van der Waals surface area contributed by atoms with E-state index in [2.05, 4.69) is 50.6 Å². The zero-order valence-electron chi connectivity index (χ0n) is 13.5. The summed E-state index contributed by atoms with van der Waals surface area (Å²) in [7, 11) is 0. The van der Waals surface area contributed by atoms with Crippen molar-refractivity contribution in [1.29, 1.82) is 0 Å². The standard InChI is InChI=1S/C15H18BrFN4OS2/c1-8(2)7-18-14-20-21-15(24-14)23-9(3)13(22)19-12-5-4-10(16)6-11(12)17/h4-6,8-9H,7H2,1-3H3,(H,18,20)(H,19,22). The minimum atomic E-state index is -0.481. The summed E-state index contributed by atoms with van der Waals surface area (Å²) in [5.41, 5.74) is 0.159. The molecule has 0 radical (unpaired) electrons. The van der Waals surface area contributed by atoms with Crippen molar-refractivity contribution in [3.63, 3.8) is 0 Å². The Kier molecular flexibility index (Phi) is 7.00. The second-order valence-electron chi connectivity index (χ2n) is 5.52. The highest BCUT2D eigenvalue weighted by Gasteiger charge is 2.18. The van der Waals surface area contributed by atoms with Crippen molar-refractivity contribution < 1.29 is 9.18 Å². The van der Waals surface area contributed by atoms with Crippen molar-refractivity contribution in [1.82, 2.24) is 10.2 Å². The number of carbonyl (C=O) groups excluding carboxylic acids is 1. The Labute approximate surface area is 157 Å². The third kappa shape index (κ3) is 5.71. The van der Waals surface area contributed by atoms with Crippen LogP contribution in [-0.2, 0) is 4.79 Å². The fourth-order valence-electron chi connectivity index (χ4n) is 1.65. The van der Waals surface area contributed by atoms with E-state index in [1.165, 1.54) is 35.2 Å². The lowest BCUT2D eigenvalue weighted by Gasteiger charge is -2.11. The Morgan fingerprint density at radius 1 is 1.38 bits per heavy atom. The number of nitrogens with zero attached hydrogens (tertiary/aromatic N) is 2. The highest BCUT2D eigenvalue weighted by atomic mass is 79.9. The van der Waals surface area contributed by atoms with E-state index in [-0.39, 0.29) is 11.6 Å². The molecule has 0 bridgehead atoms. The Hall–Kier alpha value is -1.19. The van der Waals surface area contributed by atoms with Crippen LogP contribution in [0.15, 0.2) is 27.0 Å². The highest BCUT2D eigenvalue weighted by molar-refractivity contribution is 9.10. The average Bonchev–Trinajstić information content (AvgIpc) is 2.95. The van der Waals surface area contributed by atoms with E-state index in [4.69, 9.17) is 0 Å². The van der Waals surface area contributed by atoms with Gasteiger partial charge in [0.25, 0.3) is 0 Å². The molecule has 1 aromatic heterocycles. The molecule has 2 rings (SSSR count). The van der Waals surface area contributed by atoms with Gasteiger partial charge < -0.3 is 10.6 Å². The van der Waals surface area contributed by atoms with Crippen molar-refractivity contribution in [3.05, 3.63) is 28.5 Å². The summed E-state index contributed by atoms with van der Waals surface area (Å²) in [6.45, 7) is 6.78. The monoisotopic (exact) mass is 432 g/mol. The lowest BCUT2D eigenvalue weighted by atomic mass is 10.2. The van der Waals surface area contributed by atoms with Gasteiger partial charge in [0.15, 0.2) is 4.34 Å². The van der Waals surface area contributed by atoms with Crippen molar-refractivity contribution >= 4 is 55.8 Å². The van der Waals surface area contributed by atoms with Gasteiger partial charge in [-0.05, 0) is 31.0 Å². The molecule has 9 heteroatoms. The molecule has 24 heavy (non-hydrogen) atoms. The first-order chi connectivity index (χ1) is 11.3. The lowest BCUT2D eigenvalue weighted by Crippen LogP contribution is -2.22.